The van der Waals surface area contributed by atoms with Crippen molar-refractivity contribution in [3.8, 4) is 23.0 Å². The van der Waals surface area contributed by atoms with Gasteiger partial charge in [0.2, 0.25) is 11.8 Å². The number of nitrogens with two attached hydrogens (primary N) is 1. The normalized spacial score (nSPS) is 13.4. The van der Waals surface area contributed by atoms with E-state index in [0.29, 0.717) is 59.8 Å². The van der Waals surface area contributed by atoms with E-state index in [1.165, 1.54) is 49.7 Å². The van der Waals surface area contributed by atoms with E-state index < -0.39 is 28.9 Å². The summed E-state index contributed by atoms with van der Waals surface area (Å²) in [6.07, 6.45) is 2.20. The fourth-order valence-corrected chi connectivity index (χ4v) is 4.16. The van der Waals surface area contributed by atoms with Crippen molar-refractivity contribution in [3.63, 3.8) is 0 Å². The van der Waals surface area contributed by atoms with E-state index in [2.05, 4.69) is 15.6 Å². The molecule has 0 saturated heterocycles. The van der Waals surface area contributed by atoms with Gasteiger partial charge in [0, 0.05) is 41.6 Å². The summed E-state index contributed by atoms with van der Waals surface area (Å²) in [6, 6.07) is 14.2. The molecule has 1 saturated carbocycles. The summed E-state index contributed by atoms with van der Waals surface area (Å²) in [4.78, 5) is 30.1. The topological polar surface area (TPSA) is 125 Å². The van der Waals surface area contributed by atoms with Gasteiger partial charge in [-0.1, -0.05) is 0 Å². The van der Waals surface area contributed by atoms with Gasteiger partial charge >= 0.3 is 0 Å². The molecule has 4 N–H and O–H groups in total. The van der Waals surface area contributed by atoms with E-state index in [1.807, 2.05) is 0 Å². The molecular weight excluding hydrogens is 522 g/mol. The Bertz CT molecular complexity index is 1580. The standard InChI is InChI=1S/C29H26F2N4O5/c1-38-25-15-20-22(16-26(25)39-13-11-32)33-12-8-23(20)40-24-7-6-19(14-21(24)31)35-28(37)29(9-10-29)27(36)34-18-4-2-17(30)3-5-18/h2-8,12,14-16H,9-11,13,32H2,1H3,(H,34,36)(H,35,37). The first-order valence-corrected chi connectivity index (χ1v) is 12.5. The monoisotopic (exact) mass is 548 g/mol. The molecule has 0 spiro atoms. The quantitative estimate of drug-likeness (QED) is 0.238. The van der Waals surface area contributed by atoms with Crippen LogP contribution in [0.5, 0.6) is 23.0 Å². The molecule has 206 valence electrons. The van der Waals surface area contributed by atoms with Crippen LogP contribution in [0.2, 0.25) is 0 Å². The first kappa shape index (κ1) is 26.8. The molecule has 1 aliphatic rings. The van der Waals surface area contributed by atoms with Gasteiger partial charge in [0.1, 0.15) is 23.6 Å². The number of amides is 2. The Labute approximate surface area is 228 Å². The molecule has 1 fully saturated rings. The van der Waals surface area contributed by atoms with Crippen molar-refractivity contribution in [1.82, 2.24) is 4.98 Å². The van der Waals surface area contributed by atoms with Crippen LogP contribution < -0.4 is 30.6 Å². The first-order valence-electron chi connectivity index (χ1n) is 12.5. The number of carbonyl (C=O) groups excluding carboxylic acids is 2. The van der Waals surface area contributed by atoms with Gasteiger partial charge < -0.3 is 30.6 Å². The Balaban J connectivity index is 1.30. The molecule has 5 rings (SSSR count). The summed E-state index contributed by atoms with van der Waals surface area (Å²) in [5.41, 5.74) is 5.33. The number of rotatable bonds is 10. The lowest BCUT2D eigenvalue weighted by Gasteiger charge is -2.16. The second kappa shape index (κ2) is 11.1. The van der Waals surface area contributed by atoms with Crippen LogP contribution in [0.1, 0.15) is 12.8 Å². The van der Waals surface area contributed by atoms with E-state index in [0.717, 1.165) is 6.07 Å². The van der Waals surface area contributed by atoms with Gasteiger partial charge in [-0.3, -0.25) is 14.6 Å². The molecule has 0 unspecified atom stereocenters. The number of halogens is 2. The minimum absolute atomic E-state index is 0.0805. The van der Waals surface area contributed by atoms with Crippen LogP contribution in [0.3, 0.4) is 0 Å². The van der Waals surface area contributed by atoms with Crippen LogP contribution in [-0.4, -0.2) is 37.1 Å². The third-order valence-corrected chi connectivity index (χ3v) is 6.49. The smallest absolute Gasteiger partial charge is 0.240 e. The lowest BCUT2D eigenvalue weighted by atomic mass is 10.0. The van der Waals surface area contributed by atoms with E-state index in [-0.39, 0.29) is 11.4 Å². The minimum atomic E-state index is -1.28. The molecule has 9 nitrogen and oxygen atoms in total. The maximum atomic E-state index is 15.1. The summed E-state index contributed by atoms with van der Waals surface area (Å²) in [5.74, 6) is -1.06. The van der Waals surface area contributed by atoms with Gasteiger partial charge in [-0.25, -0.2) is 8.78 Å². The van der Waals surface area contributed by atoms with Crippen LogP contribution in [0, 0.1) is 17.0 Å². The van der Waals surface area contributed by atoms with Crippen molar-refractivity contribution in [2.45, 2.75) is 12.8 Å². The number of hydrogen-bond donors (Lipinski definition) is 3. The van der Waals surface area contributed by atoms with E-state index in [4.69, 9.17) is 19.9 Å². The molecule has 1 aromatic heterocycles. The summed E-state index contributed by atoms with van der Waals surface area (Å²) in [5, 5.41) is 5.82. The number of benzene rings is 3. The second-order valence-electron chi connectivity index (χ2n) is 9.21. The van der Waals surface area contributed by atoms with Crippen molar-refractivity contribution in [3.05, 3.63) is 78.5 Å². The van der Waals surface area contributed by atoms with Crippen LogP contribution in [0.4, 0.5) is 20.2 Å². The van der Waals surface area contributed by atoms with Crippen LogP contribution in [0.15, 0.2) is 66.9 Å². The van der Waals surface area contributed by atoms with Crippen molar-refractivity contribution in [2.24, 2.45) is 11.1 Å². The van der Waals surface area contributed by atoms with E-state index in [9.17, 15) is 14.0 Å². The molecule has 1 aliphatic carbocycles. The van der Waals surface area contributed by atoms with Crippen molar-refractivity contribution < 1.29 is 32.6 Å². The predicted molar refractivity (Wildman–Crippen MR) is 145 cm³/mol. The number of nitrogens with zero attached hydrogens (tertiary/aromatic N) is 1. The van der Waals surface area contributed by atoms with Crippen molar-refractivity contribution in [2.75, 3.05) is 30.9 Å². The zero-order valence-corrected chi connectivity index (χ0v) is 21.5. The highest BCUT2D eigenvalue weighted by Crippen LogP contribution is 2.47. The highest BCUT2D eigenvalue weighted by Gasteiger charge is 2.56. The van der Waals surface area contributed by atoms with E-state index >= 15 is 4.39 Å². The molecule has 0 aliphatic heterocycles. The van der Waals surface area contributed by atoms with Gasteiger partial charge in [-0.2, -0.15) is 0 Å². The number of methoxy groups -OCH3 is 1. The Kier molecular flexibility index (Phi) is 7.47. The molecule has 2 amide bonds. The van der Waals surface area contributed by atoms with Crippen LogP contribution in [-0.2, 0) is 9.59 Å². The zero-order valence-electron chi connectivity index (χ0n) is 21.5. The SMILES string of the molecule is COc1cc2c(Oc3ccc(NC(=O)C4(C(=O)Nc5ccc(F)cc5)CC4)cc3F)ccnc2cc1OCCN. The van der Waals surface area contributed by atoms with Crippen molar-refractivity contribution >= 4 is 34.1 Å². The third kappa shape index (κ3) is 5.50. The summed E-state index contributed by atoms with van der Waals surface area (Å²) >= 11 is 0. The number of nitrogens with one attached hydrogen (secondary N) is 2. The van der Waals surface area contributed by atoms with E-state index in [1.54, 1.807) is 18.2 Å². The predicted octanol–water partition coefficient (Wildman–Crippen LogP) is 5.01. The summed E-state index contributed by atoms with van der Waals surface area (Å²) in [6.45, 7) is 0.629. The Morgan fingerprint density at radius 2 is 1.60 bits per heavy atom. The van der Waals surface area contributed by atoms with Crippen molar-refractivity contribution in [1.29, 1.82) is 0 Å². The minimum Gasteiger partial charge on any atom is -0.493 e. The molecule has 11 heteroatoms. The Morgan fingerprint density at radius 3 is 2.25 bits per heavy atom. The molecule has 3 aromatic carbocycles. The number of hydrogen-bond acceptors (Lipinski definition) is 7. The highest BCUT2D eigenvalue weighted by atomic mass is 19.1. The van der Waals surface area contributed by atoms with Crippen LogP contribution in [0.25, 0.3) is 10.9 Å². The molecule has 0 radical (unpaired) electrons. The molecule has 40 heavy (non-hydrogen) atoms. The maximum Gasteiger partial charge on any atom is 0.240 e. The number of fused-ring (bicyclic) bond motifs is 1. The second-order valence-corrected chi connectivity index (χ2v) is 9.21. The summed E-state index contributed by atoms with van der Waals surface area (Å²) in [7, 11) is 1.50. The molecule has 1 heterocycles. The highest BCUT2D eigenvalue weighted by molar-refractivity contribution is 6.16. The summed E-state index contributed by atoms with van der Waals surface area (Å²) < 4.78 is 45.1. The number of aromatic nitrogens is 1. The first-order chi connectivity index (χ1) is 19.3. The average Bonchev–Trinajstić information content (AvgIpc) is 3.77. The lowest BCUT2D eigenvalue weighted by molar-refractivity contribution is -0.131. The van der Waals surface area contributed by atoms with Gasteiger partial charge in [0.15, 0.2) is 23.1 Å². The number of carbonyl (C=O) groups is 2. The average molecular weight is 549 g/mol. The fraction of sp³-hybridized carbons (Fsp3) is 0.207. The lowest BCUT2D eigenvalue weighted by Crippen LogP contribution is -2.35. The van der Waals surface area contributed by atoms with Gasteiger partial charge in [0.05, 0.1) is 12.6 Å². The zero-order chi connectivity index (χ0) is 28.3. The largest absolute Gasteiger partial charge is 0.493 e. The number of pyridine rings is 1. The number of ether oxygens (including phenoxy) is 3. The fourth-order valence-electron chi connectivity index (χ4n) is 4.16. The van der Waals surface area contributed by atoms with Gasteiger partial charge in [-0.05, 0) is 61.4 Å². The van der Waals surface area contributed by atoms with Gasteiger partial charge in [0.25, 0.3) is 0 Å². The molecule has 0 bridgehead atoms. The van der Waals surface area contributed by atoms with Gasteiger partial charge in [-0.15, -0.1) is 0 Å². The molecule has 0 atom stereocenters. The Morgan fingerprint density at radius 1 is 0.900 bits per heavy atom. The van der Waals surface area contributed by atoms with Crippen LogP contribution >= 0.6 is 0 Å². The number of anilines is 2. The molecular formula is C29H26F2N4O5. The maximum absolute atomic E-state index is 15.1. The Hall–Kier alpha value is -4.77. The third-order valence-electron chi connectivity index (χ3n) is 6.49. The molecule has 4 aromatic rings.